The van der Waals surface area contributed by atoms with Gasteiger partial charge in [0.2, 0.25) is 0 Å². The van der Waals surface area contributed by atoms with Gasteiger partial charge in [0.05, 0.1) is 3.79 Å². The Labute approximate surface area is 137 Å². The number of hydrogen-bond acceptors (Lipinski definition) is 2. The average Bonchev–Trinajstić information content (AvgIpc) is 2.73. The lowest BCUT2D eigenvalue weighted by molar-refractivity contribution is 0.474. The van der Waals surface area contributed by atoms with Crippen molar-refractivity contribution in [3.8, 4) is 0 Å². The van der Waals surface area contributed by atoms with Crippen LogP contribution in [-0.2, 0) is 6.42 Å². The van der Waals surface area contributed by atoms with Crippen LogP contribution in [0.1, 0.15) is 23.4 Å². The molecule has 0 amide bonds. The van der Waals surface area contributed by atoms with Gasteiger partial charge in [-0.05, 0) is 46.7 Å². The minimum Gasteiger partial charge on any atom is -0.310 e. The van der Waals surface area contributed by atoms with Gasteiger partial charge in [0, 0.05) is 27.4 Å². The summed E-state index contributed by atoms with van der Waals surface area (Å²) in [4.78, 5) is 1.07. The highest BCUT2D eigenvalue weighted by molar-refractivity contribution is 9.11. The molecule has 0 saturated heterocycles. The van der Waals surface area contributed by atoms with Crippen LogP contribution in [0.2, 0.25) is 0 Å². The Morgan fingerprint density at radius 2 is 1.85 bits per heavy atom. The fourth-order valence-corrected chi connectivity index (χ4v) is 4.00. The Hall–Kier alpha value is -0.300. The topological polar surface area (TPSA) is 12.0 Å². The Morgan fingerprint density at radius 3 is 2.35 bits per heavy atom. The summed E-state index contributed by atoms with van der Waals surface area (Å²) in [5, 5.41) is 3.15. The van der Waals surface area contributed by atoms with Crippen molar-refractivity contribution in [2.75, 3.05) is 6.54 Å². The van der Waals surface area contributed by atoms with Crippen molar-refractivity contribution in [2.24, 2.45) is 0 Å². The summed E-state index contributed by atoms with van der Waals surface area (Å²) in [6.07, 6.45) is 0.555. The molecular weight excluding hydrogens is 412 g/mol. The van der Waals surface area contributed by atoms with Crippen LogP contribution in [0.15, 0.2) is 32.5 Å². The number of hydrogen-bond donors (Lipinski definition) is 1. The maximum absolute atomic E-state index is 14.1. The van der Waals surface area contributed by atoms with Crippen LogP contribution >= 0.6 is 43.2 Å². The first-order valence-electron chi connectivity index (χ1n) is 6.13. The molecule has 1 aromatic carbocycles. The van der Waals surface area contributed by atoms with Gasteiger partial charge in [-0.25, -0.2) is 8.78 Å². The van der Waals surface area contributed by atoms with Gasteiger partial charge in [0.1, 0.15) is 11.6 Å². The smallest absolute Gasteiger partial charge is 0.132 e. The van der Waals surface area contributed by atoms with E-state index in [4.69, 9.17) is 0 Å². The van der Waals surface area contributed by atoms with E-state index >= 15 is 0 Å². The standard InChI is InChI=1S/C14H13Br2F2NS/c1-2-19-12(7-9-3-4-13(16)20-9)14-10(17)5-8(15)6-11(14)18/h3-6,12,19H,2,7H2,1H3. The van der Waals surface area contributed by atoms with Crippen molar-refractivity contribution in [1.82, 2.24) is 5.32 Å². The van der Waals surface area contributed by atoms with Crippen LogP contribution in [0.3, 0.4) is 0 Å². The first kappa shape index (κ1) is 16.1. The molecule has 0 spiro atoms. The third kappa shape index (κ3) is 3.87. The molecule has 0 saturated carbocycles. The molecule has 0 radical (unpaired) electrons. The molecule has 0 bridgehead atoms. The number of rotatable bonds is 5. The molecule has 1 atom stereocenters. The second-order valence-electron chi connectivity index (χ2n) is 4.30. The zero-order valence-electron chi connectivity index (χ0n) is 10.7. The summed E-state index contributed by atoms with van der Waals surface area (Å²) in [5.74, 6) is -1.06. The van der Waals surface area contributed by atoms with E-state index in [0.717, 1.165) is 8.66 Å². The van der Waals surface area contributed by atoms with Gasteiger partial charge in [-0.3, -0.25) is 0 Å². The Kier molecular flexibility index (Phi) is 5.72. The highest BCUT2D eigenvalue weighted by Gasteiger charge is 2.21. The summed E-state index contributed by atoms with van der Waals surface area (Å²) < 4.78 is 29.6. The van der Waals surface area contributed by atoms with Crippen molar-refractivity contribution < 1.29 is 8.78 Å². The van der Waals surface area contributed by atoms with E-state index in [1.807, 2.05) is 19.1 Å². The lowest BCUT2D eigenvalue weighted by atomic mass is 10.0. The molecule has 20 heavy (non-hydrogen) atoms. The lowest BCUT2D eigenvalue weighted by Crippen LogP contribution is -2.24. The quantitative estimate of drug-likeness (QED) is 0.673. The molecular formula is C14H13Br2F2NS. The SMILES string of the molecule is CCNC(Cc1ccc(Br)s1)c1c(F)cc(Br)cc1F. The van der Waals surface area contributed by atoms with Gasteiger partial charge in [-0.2, -0.15) is 0 Å². The van der Waals surface area contributed by atoms with Crippen LogP contribution in [0.4, 0.5) is 8.78 Å². The number of benzene rings is 1. The van der Waals surface area contributed by atoms with E-state index in [2.05, 4.69) is 37.2 Å². The van der Waals surface area contributed by atoms with E-state index in [9.17, 15) is 8.78 Å². The number of likely N-dealkylation sites (N-methyl/N-ethyl adjacent to an activating group) is 1. The zero-order valence-corrected chi connectivity index (χ0v) is 14.7. The Bertz CT molecular complexity index is 578. The molecule has 1 N–H and O–H groups in total. The monoisotopic (exact) mass is 423 g/mol. The zero-order chi connectivity index (χ0) is 14.7. The molecule has 0 aliphatic rings. The molecule has 2 rings (SSSR count). The van der Waals surface area contributed by atoms with E-state index in [0.29, 0.717) is 17.4 Å². The minimum atomic E-state index is -0.529. The second-order valence-corrected chi connectivity index (χ2v) is 7.77. The van der Waals surface area contributed by atoms with Gasteiger partial charge in [-0.1, -0.05) is 22.9 Å². The fraction of sp³-hybridized carbons (Fsp3) is 0.286. The van der Waals surface area contributed by atoms with Crippen LogP contribution < -0.4 is 5.32 Å². The molecule has 0 aliphatic carbocycles. The van der Waals surface area contributed by atoms with Gasteiger partial charge >= 0.3 is 0 Å². The van der Waals surface area contributed by atoms with Crippen molar-refractivity contribution in [1.29, 1.82) is 0 Å². The molecule has 1 heterocycles. The number of halogens is 4. The normalized spacial score (nSPS) is 12.7. The van der Waals surface area contributed by atoms with Crippen LogP contribution in [-0.4, -0.2) is 6.54 Å². The maximum Gasteiger partial charge on any atom is 0.132 e. The maximum atomic E-state index is 14.1. The predicted molar refractivity (Wildman–Crippen MR) is 86.2 cm³/mol. The third-order valence-electron chi connectivity index (χ3n) is 2.88. The molecule has 1 aromatic heterocycles. The van der Waals surface area contributed by atoms with Crippen molar-refractivity contribution in [2.45, 2.75) is 19.4 Å². The Balaban J connectivity index is 2.33. The molecule has 0 fully saturated rings. The van der Waals surface area contributed by atoms with Crippen molar-refractivity contribution in [3.63, 3.8) is 0 Å². The van der Waals surface area contributed by atoms with Crippen LogP contribution in [0.5, 0.6) is 0 Å². The van der Waals surface area contributed by atoms with E-state index < -0.39 is 11.6 Å². The van der Waals surface area contributed by atoms with E-state index in [1.54, 1.807) is 11.3 Å². The van der Waals surface area contributed by atoms with Crippen LogP contribution in [0.25, 0.3) is 0 Å². The molecule has 1 unspecified atom stereocenters. The van der Waals surface area contributed by atoms with E-state index in [1.165, 1.54) is 12.1 Å². The highest BCUT2D eigenvalue weighted by atomic mass is 79.9. The molecule has 108 valence electrons. The summed E-state index contributed by atoms with van der Waals surface area (Å²) >= 11 is 8.07. The Morgan fingerprint density at radius 1 is 1.20 bits per heavy atom. The summed E-state index contributed by atoms with van der Waals surface area (Å²) in [6, 6.07) is 6.13. The highest BCUT2D eigenvalue weighted by Crippen LogP contribution is 2.30. The molecule has 1 nitrogen and oxygen atoms in total. The number of nitrogens with one attached hydrogen (secondary N) is 1. The second kappa shape index (κ2) is 7.11. The predicted octanol–water partition coefficient (Wildman–Crippen LogP) is 5.44. The van der Waals surface area contributed by atoms with E-state index in [-0.39, 0.29) is 11.6 Å². The first-order valence-corrected chi connectivity index (χ1v) is 8.53. The molecule has 0 aliphatic heterocycles. The van der Waals surface area contributed by atoms with Gasteiger partial charge in [0.15, 0.2) is 0 Å². The third-order valence-corrected chi connectivity index (χ3v) is 4.98. The minimum absolute atomic E-state index is 0.0968. The first-order chi connectivity index (χ1) is 9.51. The average molecular weight is 425 g/mol. The molecule has 6 heteroatoms. The lowest BCUT2D eigenvalue weighted by Gasteiger charge is -2.19. The van der Waals surface area contributed by atoms with Gasteiger partial charge < -0.3 is 5.32 Å². The van der Waals surface area contributed by atoms with Gasteiger partial charge in [0.25, 0.3) is 0 Å². The summed E-state index contributed by atoms with van der Waals surface area (Å²) in [5.41, 5.74) is 0.0968. The van der Waals surface area contributed by atoms with Crippen molar-refractivity contribution in [3.05, 3.63) is 54.6 Å². The van der Waals surface area contributed by atoms with Crippen molar-refractivity contribution >= 4 is 43.2 Å². The fourth-order valence-electron chi connectivity index (χ4n) is 2.07. The van der Waals surface area contributed by atoms with Crippen LogP contribution in [0, 0.1) is 11.6 Å². The number of thiophene rings is 1. The summed E-state index contributed by atoms with van der Waals surface area (Å²) in [7, 11) is 0. The van der Waals surface area contributed by atoms with Gasteiger partial charge in [-0.15, -0.1) is 11.3 Å². The summed E-state index contributed by atoms with van der Waals surface area (Å²) in [6.45, 7) is 2.57. The largest absolute Gasteiger partial charge is 0.310 e. The molecule has 2 aromatic rings.